The highest BCUT2D eigenvalue weighted by molar-refractivity contribution is 5.57. The summed E-state index contributed by atoms with van der Waals surface area (Å²) in [5.74, 6) is 0. The zero-order valence-electron chi connectivity index (χ0n) is 15.6. The Kier molecular flexibility index (Phi) is 3.96. The van der Waals surface area contributed by atoms with Crippen LogP contribution in [0.4, 0.5) is 0 Å². The summed E-state index contributed by atoms with van der Waals surface area (Å²) in [6, 6.07) is 16.7. The first-order valence-electron chi connectivity index (χ1n) is 8.78. The van der Waals surface area contributed by atoms with Crippen LogP contribution >= 0.6 is 0 Å². The molecule has 4 aromatic heterocycles. The molecule has 0 aromatic carbocycles. The molecule has 0 spiro atoms. The number of hydrogen-bond donors (Lipinski definition) is 0. The molecule has 0 radical (unpaired) electrons. The molecule has 26 heavy (non-hydrogen) atoms. The van der Waals surface area contributed by atoms with Gasteiger partial charge in [-0.25, -0.2) is 0 Å². The third kappa shape index (κ3) is 2.73. The van der Waals surface area contributed by atoms with Gasteiger partial charge in [0.25, 0.3) is 0 Å². The van der Waals surface area contributed by atoms with E-state index in [9.17, 15) is 0 Å². The number of hydrogen-bond acceptors (Lipinski definition) is 2. The molecule has 0 unspecified atom stereocenters. The summed E-state index contributed by atoms with van der Waals surface area (Å²) in [5.41, 5.74) is 8.73. The first kappa shape index (κ1) is 16.3. The van der Waals surface area contributed by atoms with Crippen molar-refractivity contribution in [2.24, 2.45) is 0 Å². The highest BCUT2D eigenvalue weighted by atomic mass is 15.0. The fraction of sp³-hybridized carbons (Fsp3) is 0.182. The topological polar surface area (TPSA) is 35.6 Å². The Labute approximate surface area is 153 Å². The van der Waals surface area contributed by atoms with Gasteiger partial charge in [0.2, 0.25) is 0 Å². The maximum atomic E-state index is 4.62. The second-order valence-electron chi connectivity index (χ2n) is 6.71. The fourth-order valence-corrected chi connectivity index (χ4v) is 3.49. The van der Waals surface area contributed by atoms with Gasteiger partial charge in [0.05, 0.1) is 35.2 Å². The maximum Gasteiger partial charge on any atom is 0.0887 e. The minimum Gasteiger partial charge on any atom is -0.317 e. The molecule has 0 saturated heterocycles. The summed E-state index contributed by atoms with van der Waals surface area (Å²) in [5, 5.41) is 0. The van der Waals surface area contributed by atoms with Crippen LogP contribution in [0.2, 0.25) is 0 Å². The minimum absolute atomic E-state index is 0.878. The van der Waals surface area contributed by atoms with Gasteiger partial charge in [-0.15, -0.1) is 0 Å². The van der Waals surface area contributed by atoms with Gasteiger partial charge >= 0.3 is 0 Å². The molecule has 130 valence electrons. The number of aryl methyl sites for hydroxylation is 4. The molecule has 4 aromatic rings. The molecule has 0 aliphatic rings. The Bertz CT molecular complexity index is 924. The summed E-state index contributed by atoms with van der Waals surface area (Å²) in [6.07, 6.45) is 3.82. The predicted molar refractivity (Wildman–Crippen MR) is 105 cm³/mol. The van der Waals surface area contributed by atoms with Gasteiger partial charge in [-0.05, 0) is 76.2 Å². The van der Waals surface area contributed by atoms with Crippen molar-refractivity contribution in [3.05, 3.63) is 83.7 Å². The van der Waals surface area contributed by atoms with Crippen molar-refractivity contribution in [1.29, 1.82) is 0 Å². The predicted octanol–water partition coefficient (Wildman–Crippen LogP) is 4.96. The van der Waals surface area contributed by atoms with Gasteiger partial charge in [0.1, 0.15) is 0 Å². The molecule has 0 atom stereocenters. The van der Waals surface area contributed by atoms with Crippen LogP contribution in [0.15, 0.2) is 60.9 Å². The molecule has 4 rings (SSSR count). The summed E-state index contributed by atoms with van der Waals surface area (Å²) in [7, 11) is 0. The molecule has 4 heterocycles. The first-order chi connectivity index (χ1) is 12.5. The number of pyridine rings is 2. The monoisotopic (exact) mass is 342 g/mol. The minimum atomic E-state index is 0.878. The number of nitrogens with zero attached hydrogens (tertiary/aromatic N) is 4. The van der Waals surface area contributed by atoms with Gasteiger partial charge in [-0.3, -0.25) is 9.97 Å². The molecule has 0 saturated carbocycles. The van der Waals surface area contributed by atoms with E-state index < -0.39 is 0 Å². The van der Waals surface area contributed by atoms with E-state index in [1.807, 2.05) is 24.5 Å². The van der Waals surface area contributed by atoms with Crippen molar-refractivity contribution in [3.8, 4) is 22.8 Å². The van der Waals surface area contributed by atoms with Crippen LogP contribution in [0.25, 0.3) is 22.8 Å². The highest BCUT2D eigenvalue weighted by Crippen LogP contribution is 2.21. The zero-order chi connectivity index (χ0) is 18.3. The van der Waals surface area contributed by atoms with E-state index in [0.29, 0.717) is 0 Å². The Hall–Kier alpha value is -3.14. The van der Waals surface area contributed by atoms with Gasteiger partial charge in [-0.2, -0.15) is 0 Å². The average molecular weight is 342 g/mol. The van der Waals surface area contributed by atoms with Crippen LogP contribution < -0.4 is 0 Å². The van der Waals surface area contributed by atoms with Crippen molar-refractivity contribution in [2.45, 2.75) is 27.7 Å². The van der Waals surface area contributed by atoms with E-state index in [4.69, 9.17) is 0 Å². The van der Waals surface area contributed by atoms with Gasteiger partial charge < -0.3 is 9.13 Å². The molecule has 4 nitrogen and oxygen atoms in total. The van der Waals surface area contributed by atoms with Crippen LogP contribution in [0.5, 0.6) is 0 Å². The normalized spacial score (nSPS) is 11.1. The van der Waals surface area contributed by atoms with Gasteiger partial charge in [0, 0.05) is 22.8 Å². The lowest BCUT2D eigenvalue weighted by atomic mass is 10.2. The standard InChI is InChI=1S/C22H22N4/c1-15-5-6-16(2)25(15)19-9-11-21(23-13-19)22-12-10-20(14-24-22)26-17(3)7-8-18(26)4/h5-14H,1-4H3. The van der Waals surface area contributed by atoms with E-state index in [1.165, 1.54) is 22.8 Å². The Morgan fingerprint density at radius 2 is 0.846 bits per heavy atom. The van der Waals surface area contributed by atoms with Crippen molar-refractivity contribution in [2.75, 3.05) is 0 Å². The van der Waals surface area contributed by atoms with Crippen LogP contribution in [0.1, 0.15) is 22.8 Å². The fourth-order valence-electron chi connectivity index (χ4n) is 3.49. The molecule has 0 N–H and O–H groups in total. The Morgan fingerprint density at radius 1 is 0.500 bits per heavy atom. The summed E-state index contributed by atoms with van der Waals surface area (Å²) in [6.45, 7) is 8.41. The van der Waals surface area contributed by atoms with E-state index >= 15 is 0 Å². The molecular formula is C22H22N4. The third-order valence-electron chi connectivity index (χ3n) is 4.82. The first-order valence-corrected chi connectivity index (χ1v) is 8.78. The number of aromatic nitrogens is 4. The largest absolute Gasteiger partial charge is 0.317 e. The van der Waals surface area contributed by atoms with Crippen LogP contribution in [0.3, 0.4) is 0 Å². The molecular weight excluding hydrogens is 320 g/mol. The van der Waals surface area contributed by atoms with Crippen molar-refractivity contribution in [1.82, 2.24) is 19.1 Å². The highest BCUT2D eigenvalue weighted by Gasteiger charge is 2.08. The molecule has 0 aliphatic heterocycles. The number of rotatable bonds is 3. The molecule has 0 amide bonds. The van der Waals surface area contributed by atoms with Crippen LogP contribution in [-0.4, -0.2) is 19.1 Å². The SMILES string of the molecule is Cc1ccc(C)n1-c1ccc(-c2ccc(-n3c(C)ccc3C)cn2)nc1. The second-order valence-corrected chi connectivity index (χ2v) is 6.71. The van der Waals surface area contributed by atoms with E-state index in [2.05, 4.69) is 83.2 Å². The van der Waals surface area contributed by atoms with Crippen LogP contribution in [0, 0.1) is 27.7 Å². The maximum absolute atomic E-state index is 4.62. The van der Waals surface area contributed by atoms with E-state index in [1.54, 1.807) is 0 Å². The second kappa shape index (κ2) is 6.30. The lowest BCUT2D eigenvalue weighted by molar-refractivity contribution is 0.952. The van der Waals surface area contributed by atoms with E-state index in [0.717, 1.165) is 22.8 Å². The average Bonchev–Trinajstić information content (AvgIpc) is 3.16. The Morgan fingerprint density at radius 3 is 1.12 bits per heavy atom. The molecule has 0 fully saturated rings. The summed E-state index contributed by atoms with van der Waals surface area (Å²) < 4.78 is 4.40. The van der Waals surface area contributed by atoms with Gasteiger partial charge in [-0.1, -0.05) is 0 Å². The quantitative estimate of drug-likeness (QED) is 0.527. The van der Waals surface area contributed by atoms with Crippen LogP contribution in [-0.2, 0) is 0 Å². The Balaban J connectivity index is 1.64. The zero-order valence-corrected chi connectivity index (χ0v) is 15.6. The van der Waals surface area contributed by atoms with Crippen molar-refractivity contribution in [3.63, 3.8) is 0 Å². The van der Waals surface area contributed by atoms with E-state index in [-0.39, 0.29) is 0 Å². The molecule has 0 bridgehead atoms. The van der Waals surface area contributed by atoms with Gasteiger partial charge in [0.15, 0.2) is 0 Å². The third-order valence-corrected chi connectivity index (χ3v) is 4.82. The molecule has 4 heteroatoms. The summed E-state index contributed by atoms with van der Waals surface area (Å²) in [4.78, 5) is 9.25. The summed E-state index contributed by atoms with van der Waals surface area (Å²) >= 11 is 0. The van der Waals surface area contributed by atoms with Crippen molar-refractivity contribution < 1.29 is 0 Å². The van der Waals surface area contributed by atoms with Crippen molar-refractivity contribution >= 4 is 0 Å². The lowest BCUT2D eigenvalue weighted by Gasteiger charge is -2.11. The molecule has 0 aliphatic carbocycles. The smallest absolute Gasteiger partial charge is 0.0887 e. The lowest BCUT2D eigenvalue weighted by Crippen LogP contribution is -2.01.